The lowest BCUT2D eigenvalue weighted by Crippen LogP contribution is -2.42. The lowest BCUT2D eigenvalue weighted by atomic mass is 10.1. The molecule has 0 saturated carbocycles. The van der Waals surface area contributed by atoms with Crippen molar-refractivity contribution in [1.82, 2.24) is 0 Å². The number of hydrogen-bond acceptors (Lipinski definition) is 5. The summed E-state index contributed by atoms with van der Waals surface area (Å²) in [6.07, 6.45) is 21.0. The predicted octanol–water partition coefficient (Wildman–Crippen LogP) is 4.91. The molecule has 0 spiro atoms. The number of ether oxygens (including phenoxy) is 2. The van der Waals surface area contributed by atoms with E-state index in [0.717, 1.165) is 25.7 Å². The Morgan fingerprint density at radius 1 is 0.867 bits per heavy atom. The molecule has 0 bridgehead atoms. The zero-order valence-corrected chi connectivity index (χ0v) is 19.4. The van der Waals surface area contributed by atoms with Gasteiger partial charge >= 0.3 is 0 Å². The van der Waals surface area contributed by atoms with Gasteiger partial charge in [0.25, 0.3) is 0 Å². The highest BCUT2D eigenvalue weighted by Crippen LogP contribution is 2.21. The average Bonchev–Trinajstić information content (AvgIpc) is 3.12. The van der Waals surface area contributed by atoms with Gasteiger partial charge in [-0.2, -0.15) is 0 Å². The molecule has 1 aliphatic heterocycles. The number of aliphatic hydroxyl groups excluding tert-OH is 3. The van der Waals surface area contributed by atoms with Gasteiger partial charge in [0.15, 0.2) is 0 Å². The molecule has 30 heavy (non-hydrogen) atoms. The second-order valence-electron chi connectivity index (χ2n) is 8.74. The van der Waals surface area contributed by atoms with Gasteiger partial charge in [0.05, 0.1) is 13.2 Å². The van der Waals surface area contributed by atoms with E-state index in [9.17, 15) is 10.2 Å². The van der Waals surface area contributed by atoms with Crippen molar-refractivity contribution in [3.63, 3.8) is 0 Å². The van der Waals surface area contributed by atoms with Crippen LogP contribution in [0.5, 0.6) is 0 Å². The molecule has 178 valence electrons. The van der Waals surface area contributed by atoms with E-state index in [2.05, 4.69) is 19.1 Å². The number of aliphatic hydroxyl groups is 3. The first-order chi connectivity index (χ1) is 14.7. The molecule has 0 radical (unpaired) electrons. The van der Waals surface area contributed by atoms with Gasteiger partial charge in [-0.25, -0.2) is 0 Å². The van der Waals surface area contributed by atoms with Crippen LogP contribution in [0.2, 0.25) is 0 Å². The van der Waals surface area contributed by atoms with E-state index in [1.165, 1.54) is 70.6 Å². The van der Waals surface area contributed by atoms with Crippen LogP contribution in [0.25, 0.3) is 0 Å². The van der Waals surface area contributed by atoms with Crippen molar-refractivity contribution < 1.29 is 24.8 Å². The number of hydrogen-bond donors (Lipinski definition) is 3. The summed E-state index contributed by atoms with van der Waals surface area (Å²) in [4.78, 5) is 0. The summed E-state index contributed by atoms with van der Waals surface area (Å²) < 4.78 is 11.0. The highest BCUT2D eigenvalue weighted by molar-refractivity contribution is 4.89. The van der Waals surface area contributed by atoms with E-state index >= 15 is 0 Å². The van der Waals surface area contributed by atoms with Gasteiger partial charge in [-0.15, -0.1) is 0 Å². The molecule has 1 aliphatic rings. The maximum absolute atomic E-state index is 9.90. The van der Waals surface area contributed by atoms with E-state index in [1.807, 2.05) is 0 Å². The Morgan fingerprint density at radius 2 is 1.40 bits per heavy atom. The van der Waals surface area contributed by atoms with Crippen LogP contribution >= 0.6 is 0 Å². The van der Waals surface area contributed by atoms with Crippen LogP contribution in [0.3, 0.4) is 0 Å². The lowest BCUT2D eigenvalue weighted by molar-refractivity contribution is -0.0937. The maximum atomic E-state index is 9.90. The fourth-order valence-corrected chi connectivity index (χ4v) is 4.00. The van der Waals surface area contributed by atoms with Gasteiger partial charge in [-0.3, -0.25) is 0 Å². The van der Waals surface area contributed by atoms with Crippen molar-refractivity contribution in [2.75, 3.05) is 19.8 Å². The molecule has 0 aromatic rings. The molecule has 0 unspecified atom stereocenters. The molecule has 1 fully saturated rings. The minimum atomic E-state index is -1.01. The summed E-state index contributed by atoms with van der Waals surface area (Å²) in [7, 11) is 0. The van der Waals surface area contributed by atoms with E-state index in [0.29, 0.717) is 6.61 Å². The van der Waals surface area contributed by atoms with Crippen LogP contribution in [0, 0.1) is 0 Å². The second kappa shape index (κ2) is 19.2. The van der Waals surface area contributed by atoms with Crippen molar-refractivity contribution in [1.29, 1.82) is 0 Å². The lowest BCUT2D eigenvalue weighted by Gasteiger charge is -2.23. The fraction of sp³-hybridized carbons (Fsp3) is 0.920. The third-order valence-corrected chi connectivity index (χ3v) is 5.95. The van der Waals surface area contributed by atoms with Crippen LogP contribution in [-0.4, -0.2) is 59.6 Å². The third-order valence-electron chi connectivity index (χ3n) is 5.95. The van der Waals surface area contributed by atoms with Crippen molar-refractivity contribution in [2.45, 2.75) is 128 Å². The van der Waals surface area contributed by atoms with Crippen molar-refractivity contribution in [2.24, 2.45) is 0 Å². The minimum Gasteiger partial charge on any atom is -0.394 e. The summed E-state index contributed by atoms with van der Waals surface area (Å²) in [6.45, 7) is 2.58. The molecular formula is C25H48O5. The first-order valence-electron chi connectivity index (χ1n) is 12.6. The van der Waals surface area contributed by atoms with E-state index in [-0.39, 0.29) is 13.2 Å². The molecule has 5 heteroatoms. The van der Waals surface area contributed by atoms with Gasteiger partial charge in [0.1, 0.15) is 24.4 Å². The van der Waals surface area contributed by atoms with Crippen LogP contribution < -0.4 is 0 Å². The van der Waals surface area contributed by atoms with Crippen molar-refractivity contribution in [3.05, 3.63) is 12.2 Å². The Kier molecular flexibility index (Phi) is 17.7. The van der Waals surface area contributed by atoms with Crippen LogP contribution in [0.4, 0.5) is 0 Å². The minimum absolute atomic E-state index is 0.149. The summed E-state index contributed by atoms with van der Waals surface area (Å²) >= 11 is 0. The Morgan fingerprint density at radius 3 is 1.97 bits per heavy atom. The van der Waals surface area contributed by atoms with Crippen molar-refractivity contribution in [3.8, 4) is 0 Å². The average molecular weight is 429 g/mol. The summed E-state index contributed by atoms with van der Waals surface area (Å²) in [5.74, 6) is 0. The van der Waals surface area contributed by atoms with Gasteiger partial charge in [0.2, 0.25) is 0 Å². The van der Waals surface area contributed by atoms with Gasteiger partial charge in [0, 0.05) is 6.61 Å². The SMILES string of the molecule is CCCCCCCCCCCC/C=C/CCCCCO[C@H]1[C@@H]([C@@H](O)CO)OC[C@H]1O. The molecule has 0 aromatic carbocycles. The van der Waals surface area contributed by atoms with Crippen molar-refractivity contribution >= 4 is 0 Å². The normalized spacial score (nSPS) is 22.9. The highest BCUT2D eigenvalue weighted by Gasteiger charge is 2.40. The standard InChI is InChI=1S/C25H48O5/c1-2-3-4-5-6-7-8-9-10-11-12-13-14-15-16-17-18-19-29-25-23(28)21-30-24(25)22(27)20-26/h13-14,22-28H,2-12,15-21H2,1H3/b14-13+/t22-,23+,24+,25+/m0/s1. The number of allylic oxidation sites excluding steroid dienone is 2. The molecule has 0 amide bonds. The molecule has 1 heterocycles. The van der Waals surface area contributed by atoms with E-state index in [4.69, 9.17) is 14.6 Å². The quantitative estimate of drug-likeness (QED) is 0.190. The molecular weight excluding hydrogens is 380 g/mol. The van der Waals surface area contributed by atoms with E-state index < -0.39 is 24.4 Å². The zero-order chi connectivity index (χ0) is 21.9. The Labute approximate surface area is 184 Å². The largest absolute Gasteiger partial charge is 0.394 e. The second-order valence-corrected chi connectivity index (χ2v) is 8.74. The molecule has 4 atom stereocenters. The Hall–Kier alpha value is -0.460. The Balaban J connectivity index is 1.86. The smallest absolute Gasteiger partial charge is 0.114 e. The summed E-state index contributed by atoms with van der Waals surface area (Å²) in [6, 6.07) is 0. The maximum Gasteiger partial charge on any atom is 0.114 e. The molecule has 0 aliphatic carbocycles. The summed E-state index contributed by atoms with van der Waals surface area (Å²) in [5.41, 5.74) is 0. The molecule has 0 aromatic heterocycles. The fourth-order valence-electron chi connectivity index (χ4n) is 4.00. The molecule has 1 rings (SSSR count). The monoisotopic (exact) mass is 428 g/mol. The summed E-state index contributed by atoms with van der Waals surface area (Å²) in [5, 5.41) is 28.7. The number of rotatable bonds is 20. The molecule has 5 nitrogen and oxygen atoms in total. The topological polar surface area (TPSA) is 79.2 Å². The highest BCUT2D eigenvalue weighted by atomic mass is 16.6. The van der Waals surface area contributed by atoms with Gasteiger partial charge < -0.3 is 24.8 Å². The molecule has 1 saturated heterocycles. The molecule has 3 N–H and O–H groups in total. The first-order valence-corrected chi connectivity index (χ1v) is 12.6. The Bertz CT molecular complexity index is 401. The first kappa shape index (κ1) is 27.6. The van der Waals surface area contributed by atoms with Crippen LogP contribution in [-0.2, 0) is 9.47 Å². The van der Waals surface area contributed by atoms with E-state index in [1.54, 1.807) is 0 Å². The van der Waals surface area contributed by atoms with Gasteiger partial charge in [-0.1, -0.05) is 83.3 Å². The van der Waals surface area contributed by atoms with Crippen LogP contribution in [0.1, 0.15) is 103 Å². The zero-order valence-electron chi connectivity index (χ0n) is 19.4. The third kappa shape index (κ3) is 13.1. The van der Waals surface area contributed by atoms with Gasteiger partial charge in [-0.05, 0) is 32.1 Å². The number of unbranched alkanes of at least 4 members (excludes halogenated alkanes) is 13. The van der Waals surface area contributed by atoms with Crippen LogP contribution in [0.15, 0.2) is 12.2 Å². The predicted molar refractivity (Wildman–Crippen MR) is 123 cm³/mol.